The summed E-state index contributed by atoms with van der Waals surface area (Å²) >= 11 is 0. The van der Waals surface area contributed by atoms with E-state index in [0.29, 0.717) is 30.3 Å². The van der Waals surface area contributed by atoms with Crippen molar-refractivity contribution in [3.05, 3.63) is 42.5 Å². The standard InChI is InChI=1S/C27H42N8O3/c1-18(2)12-34(11-10-29-15-30-20-8-6-19(7-9-20)26(3,4)5)13-21-23(36)27(37,14-38-21)35-17-33-22-24(28)31-16-32-25(22)35/h6-9,16-18,21,23,29-30,36-37H,10-15H2,1-5H3,(H2,28,31,32). The maximum atomic E-state index is 11.4. The zero-order chi connectivity index (χ0) is 27.5. The summed E-state index contributed by atoms with van der Waals surface area (Å²) in [6.45, 7) is 14.4. The van der Waals surface area contributed by atoms with Crippen LogP contribution in [0.4, 0.5) is 11.5 Å². The molecule has 3 unspecified atom stereocenters. The Hall–Kier alpha value is -2.83. The van der Waals surface area contributed by atoms with E-state index in [9.17, 15) is 10.2 Å². The third kappa shape index (κ3) is 6.24. The van der Waals surface area contributed by atoms with Gasteiger partial charge in [-0.05, 0) is 29.0 Å². The Morgan fingerprint density at radius 2 is 1.95 bits per heavy atom. The summed E-state index contributed by atoms with van der Waals surface area (Å²) in [4.78, 5) is 14.6. The summed E-state index contributed by atoms with van der Waals surface area (Å²) in [5.41, 5.74) is 7.44. The van der Waals surface area contributed by atoms with Crippen LogP contribution in [0.25, 0.3) is 11.2 Å². The molecule has 208 valence electrons. The number of nitrogens with two attached hydrogens (primary N) is 1. The molecule has 1 aliphatic rings. The van der Waals surface area contributed by atoms with Gasteiger partial charge in [0.1, 0.15) is 24.1 Å². The van der Waals surface area contributed by atoms with E-state index < -0.39 is 17.9 Å². The van der Waals surface area contributed by atoms with Crippen LogP contribution in [0.15, 0.2) is 36.9 Å². The molecule has 1 aromatic carbocycles. The van der Waals surface area contributed by atoms with Gasteiger partial charge in [-0.3, -0.25) is 14.8 Å². The highest BCUT2D eigenvalue weighted by molar-refractivity contribution is 5.81. The van der Waals surface area contributed by atoms with Crippen molar-refractivity contribution in [3.8, 4) is 0 Å². The molecular formula is C27H42N8O3. The summed E-state index contributed by atoms with van der Waals surface area (Å²) in [6.07, 6.45) is 0.988. The Bertz CT molecular complexity index is 1190. The summed E-state index contributed by atoms with van der Waals surface area (Å²) < 4.78 is 7.35. The molecule has 0 spiro atoms. The zero-order valence-corrected chi connectivity index (χ0v) is 23.1. The van der Waals surface area contributed by atoms with Gasteiger partial charge in [-0.15, -0.1) is 0 Å². The SMILES string of the molecule is CC(C)CN(CCNCNc1ccc(C(C)(C)C)cc1)CC1OCC(O)(n2cnc3c(N)ncnc32)C1O. The fraction of sp³-hybridized carbons (Fsp3) is 0.593. The molecule has 11 heteroatoms. The van der Waals surface area contributed by atoms with Crippen molar-refractivity contribution in [3.63, 3.8) is 0 Å². The average molecular weight is 527 g/mol. The predicted octanol–water partition coefficient (Wildman–Crippen LogP) is 1.73. The fourth-order valence-corrected chi connectivity index (χ4v) is 4.81. The molecule has 0 amide bonds. The second-order valence-electron chi connectivity index (χ2n) is 11.6. The van der Waals surface area contributed by atoms with Gasteiger partial charge in [-0.25, -0.2) is 15.0 Å². The van der Waals surface area contributed by atoms with Crippen LogP contribution < -0.4 is 16.4 Å². The highest BCUT2D eigenvalue weighted by Crippen LogP contribution is 2.33. The third-order valence-corrected chi connectivity index (χ3v) is 6.95. The maximum Gasteiger partial charge on any atom is 0.197 e. The number of rotatable bonds is 11. The Morgan fingerprint density at radius 1 is 1.21 bits per heavy atom. The first kappa shape index (κ1) is 28.2. The molecule has 4 rings (SSSR count). The van der Waals surface area contributed by atoms with E-state index in [1.807, 2.05) is 0 Å². The fourth-order valence-electron chi connectivity index (χ4n) is 4.81. The topological polar surface area (TPSA) is 147 Å². The molecule has 3 atom stereocenters. The lowest BCUT2D eigenvalue weighted by molar-refractivity contribution is -0.109. The van der Waals surface area contributed by atoms with Gasteiger partial charge in [0.25, 0.3) is 0 Å². The van der Waals surface area contributed by atoms with Gasteiger partial charge < -0.3 is 26.0 Å². The lowest BCUT2D eigenvalue weighted by atomic mass is 9.87. The van der Waals surface area contributed by atoms with Crippen molar-refractivity contribution in [1.29, 1.82) is 0 Å². The number of aliphatic hydroxyl groups is 2. The van der Waals surface area contributed by atoms with Crippen molar-refractivity contribution in [2.75, 3.05) is 50.5 Å². The molecular weight excluding hydrogens is 484 g/mol. The molecule has 0 radical (unpaired) electrons. The van der Waals surface area contributed by atoms with Crippen molar-refractivity contribution in [1.82, 2.24) is 29.7 Å². The molecule has 2 aromatic heterocycles. The predicted molar refractivity (Wildman–Crippen MR) is 149 cm³/mol. The summed E-state index contributed by atoms with van der Waals surface area (Å²) in [5, 5.41) is 29.4. The molecule has 6 N–H and O–H groups in total. The largest absolute Gasteiger partial charge is 0.385 e. The van der Waals surface area contributed by atoms with Gasteiger partial charge in [-0.2, -0.15) is 0 Å². The van der Waals surface area contributed by atoms with Crippen LogP contribution >= 0.6 is 0 Å². The molecule has 1 saturated heterocycles. The molecule has 3 aromatic rings. The van der Waals surface area contributed by atoms with E-state index in [1.165, 1.54) is 22.8 Å². The maximum absolute atomic E-state index is 11.4. The van der Waals surface area contributed by atoms with Crippen LogP contribution in [0, 0.1) is 5.92 Å². The lowest BCUT2D eigenvalue weighted by Crippen LogP contribution is -2.49. The van der Waals surface area contributed by atoms with Crippen molar-refractivity contribution < 1.29 is 14.9 Å². The van der Waals surface area contributed by atoms with Crippen LogP contribution in [0.1, 0.15) is 40.2 Å². The second kappa shape index (κ2) is 11.5. The van der Waals surface area contributed by atoms with Crippen LogP contribution in [0.2, 0.25) is 0 Å². The molecule has 0 saturated carbocycles. The third-order valence-electron chi connectivity index (χ3n) is 6.95. The van der Waals surface area contributed by atoms with E-state index in [2.05, 4.69) is 89.4 Å². The van der Waals surface area contributed by atoms with Crippen molar-refractivity contribution >= 4 is 22.7 Å². The van der Waals surface area contributed by atoms with Gasteiger partial charge in [-0.1, -0.05) is 46.8 Å². The monoisotopic (exact) mass is 526 g/mol. The number of aromatic nitrogens is 4. The minimum Gasteiger partial charge on any atom is -0.385 e. The number of nitrogen functional groups attached to an aromatic ring is 1. The highest BCUT2D eigenvalue weighted by atomic mass is 16.5. The van der Waals surface area contributed by atoms with Gasteiger partial charge >= 0.3 is 0 Å². The van der Waals surface area contributed by atoms with Gasteiger partial charge in [0, 0.05) is 31.9 Å². The number of nitrogens with zero attached hydrogens (tertiary/aromatic N) is 5. The van der Waals surface area contributed by atoms with Gasteiger partial charge in [0.05, 0.1) is 19.6 Å². The molecule has 1 fully saturated rings. The number of nitrogens with one attached hydrogen (secondary N) is 2. The Balaban J connectivity index is 1.31. The Labute approximate surface area is 224 Å². The summed E-state index contributed by atoms with van der Waals surface area (Å²) in [6, 6.07) is 8.54. The average Bonchev–Trinajstić information content (AvgIpc) is 3.42. The molecule has 11 nitrogen and oxygen atoms in total. The zero-order valence-electron chi connectivity index (χ0n) is 23.1. The number of ether oxygens (including phenoxy) is 1. The van der Waals surface area contributed by atoms with Crippen LogP contribution in [0.5, 0.6) is 0 Å². The number of benzene rings is 1. The molecule has 0 bridgehead atoms. The molecule has 0 aliphatic carbocycles. The molecule has 1 aliphatic heterocycles. The second-order valence-corrected chi connectivity index (χ2v) is 11.6. The number of anilines is 2. The van der Waals surface area contributed by atoms with Gasteiger partial charge in [0.2, 0.25) is 0 Å². The minimum absolute atomic E-state index is 0.0834. The highest BCUT2D eigenvalue weighted by Gasteiger charge is 2.50. The number of aliphatic hydroxyl groups excluding tert-OH is 1. The van der Waals surface area contributed by atoms with E-state index in [4.69, 9.17) is 10.5 Å². The number of hydrogen-bond acceptors (Lipinski definition) is 10. The Kier molecular flexibility index (Phi) is 8.53. The summed E-state index contributed by atoms with van der Waals surface area (Å²) in [7, 11) is 0. The normalized spacial score (nSPS) is 22.1. The molecule has 38 heavy (non-hydrogen) atoms. The van der Waals surface area contributed by atoms with E-state index >= 15 is 0 Å². The molecule has 3 heterocycles. The van der Waals surface area contributed by atoms with E-state index in [0.717, 1.165) is 25.3 Å². The smallest absolute Gasteiger partial charge is 0.197 e. The first-order chi connectivity index (χ1) is 18.0. The van der Waals surface area contributed by atoms with Crippen molar-refractivity contribution in [2.45, 2.75) is 58.0 Å². The van der Waals surface area contributed by atoms with E-state index in [-0.39, 0.29) is 17.8 Å². The van der Waals surface area contributed by atoms with Crippen LogP contribution in [-0.4, -0.2) is 86.3 Å². The number of imidazole rings is 1. The lowest BCUT2D eigenvalue weighted by Gasteiger charge is -2.31. The first-order valence-corrected chi connectivity index (χ1v) is 13.2. The van der Waals surface area contributed by atoms with E-state index in [1.54, 1.807) is 0 Å². The van der Waals surface area contributed by atoms with Gasteiger partial charge in [0.15, 0.2) is 17.2 Å². The minimum atomic E-state index is -1.70. The quantitative estimate of drug-likeness (QED) is 0.185. The Morgan fingerprint density at radius 3 is 2.63 bits per heavy atom. The van der Waals surface area contributed by atoms with Crippen molar-refractivity contribution in [2.24, 2.45) is 5.92 Å². The number of hydrogen-bond donors (Lipinski definition) is 5. The van der Waals surface area contributed by atoms with Crippen LogP contribution in [0.3, 0.4) is 0 Å². The van der Waals surface area contributed by atoms with Crippen LogP contribution in [-0.2, 0) is 15.9 Å². The summed E-state index contributed by atoms with van der Waals surface area (Å²) in [5.74, 6) is 0.651. The number of fused-ring (bicyclic) bond motifs is 1. The first-order valence-electron chi connectivity index (χ1n) is 13.2.